The Balaban J connectivity index is 1.57. The molecule has 2 aliphatic rings. The van der Waals surface area contributed by atoms with E-state index in [0.717, 1.165) is 42.1 Å². The van der Waals surface area contributed by atoms with E-state index in [1.54, 1.807) is 0 Å². The SMILES string of the molecule is O=C(c1ccccc1Br)N1CCN(C2CC2)CC1Cc1ccccc1. The zero-order valence-electron chi connectivity index (χ0n) is 14.3. The van der Waals surface area contributed by atoms with Gasteiger partial charge in [0.05, 0.1) is 5.56 Å². The highest BCUT2D eigenvalue weighted by Crippen LogP contribution is 2.30. The number of hydrogen-bond donors (Lipinski definition) is 0. The summed E-state index contributed by atoms with van der Waals surface area (Å²) in [4.78, 5) is 17.9. The number of carbonyl (C=O) groups excluding carboxylic acids is 1. The topological polar surface area (TPSA) is 23.6 Å². The van der Waals surface area contributed by atoms with Crippen LogP contribution in [0, 0.1) is 0 Å². The van der Waals surface area contributed by atoms with Crippen molar-refractivity contribution in [3.05, 3.63) is 70.2 Å². The number of nitrogens with zero attached hydrogens (tertiary/aromatic N) is 2. The van der Waals surface area contributed by atoms with Gasteiger partial charge in [0, 0.05) is 36.2 Å². The molecular weight excluding hydrogens is 376 g/mol. The zero-order chi connectivity index (χ0) is 17.2. The van der Waals surface area contributed by atoms with Crippen molar-refractivity contribution in [3.63, 3.8) is 0 Å². The van der Waals surface area contributed by atoms with Gasteiger partial charge in [0.2, 0.25) is 0 Å². The summed E-state index contributed by atoms with van der Waals surface area (Å²) in [5.74, 6) is 0.142. The summed E-state index contributed by atoms with van der Waals surface area (Å²) in [5.41, 5.74) is 2.07. The van der Waals surface area contributed by atoms with Crippen molar-refractivity contribution in [2.75, 3.05) is 19.6 Å². The first-order valence-electron chi connectivity index (χ1n) is 9.06. The van der Waals surface area contributed by atoms with Gasteiger partial charge in [0.25, 0.3) is 5.91 Å². The second-order valence-electron chi connectivity index (χ2n) is 7.05. The smallest absolute Gasteiger partial charge is 0.255 e. The molecule has 2 aromatic rings. The van der Waals surface area contributed by atoms with Crippen LogP contribution in [0.2, 0.25) is 0 Å². The molecule has 1 aliphatic carbocycles. The molecule has 0 radical (unpaired) electrons. The lowest BCUT2D eigenvalue weighted by Crippen LogP contribution is -2.56. The number of hydrogen-bond acceptors (Lipinski definition) is 2. The van der Waals surface area contributed by atoms with E-state index >= 15 is 0 Å². The van der Waals surface area contributed by atoms with Crippen LogP contribution in [0.15, 0.2) is 59.1 Å². The van der Waals surface area contributed by atoms with Crippen LogP contribution in [-0.4, -0.2) is 47.4 Å². The Morgan fingerprint density at radius 1 is 1.00 bits per heavy atom. The average Bonchev–Trinajstić information content (AvgIpc) is 3.48. The number of amides is 1. The van der Waals surface area contributed by atoms with Crippen molar-refractivity contribution in [1.29, 1.82) is 0 Å². The maximum Gasteiger partial charge on any atom is 0.255 e. The summed E-state index contributed by atoms with van der Waals surface area (Å²) < 4.78 is 0.878. The molecule has 1 atom stereocenters. The summed E-state index contributed by atoms with van der Waals surface area (Å²) in [5, 5.41) is 0. The molecule has 25 heavy (non-hydrogen) atoms. The van der Waals surface area contributed by atoms with E-state index < -0.39 is 0 Å². The molecule has 0 bridgehead atoms. The van der Waals surface area contributed by atoms with Crippen molar-refractivity contribution in [2.45, 2.75) is 31.3 Å². The molecule has 0 N–H and O–H groups in total. The van der Waals surface area contributed by atoms with Gasteiger partial charge in [-0.2, -0.15) is 0 Å². The van der Waals surface area contributed by atoms with Gasteiger partial charge in [-0.25, -0.2) is 0 Å². The van der Waals surface area contributed by atoms with Gasteiger partial charge in [0.15, 0.2) is 0 Å². The van der Waals surface area contributed by atoms with Crippen LogP contribution in [0.3, 0.4) is 0 Å². The Morgan fingerprint density at radius 3 is 2.44 bits per heavy atom. The average molecular weight is 399 g/mol. The Kier molecular flexibility index (Phi) is 4.91. The minimum atomic E-state index is 0.142. The van der Waals surface area contributed by atoms with Gasteiger partial charge in [-0.05, 0) is 52.9 Å². The predicted molar refractivity (Wildman–Crippen MR) is 104 cm³/mol. The summed E-state index contributed by atoms with van der Waals surface area (Å²) in [7, 11) is 0. The number of piperazine rings is 1. The number of carbonyl (C=O) groups is 1. The molecule has 1 saturated heterocycles. The highest BCUT2D eigenvalue weighted by molar-refractivity contribution is 9.10. The monoisotopic (exact) mass is 398 g/mol. The summed E-state index contributed by atoms with van der Waals surface area (Å²) >= 11 is 3.54. The Morgan fingerprint density at radius 2 is 1.72 bits per heavy atom. The molecule has 4 heteroatoms. The number of rotatable bonds is 4. The van der Waals surface area contributed by atoms with Crippen LogP contribution in [0.25, 0.3) is 0 Å². The van der Waals surface area contributed by atoms with Crippen LogP contribution in [0.4, 0.5) is 0 Å². The van der Waals surface area contributed by atoms with E-state index in [4.69, 9.17) is 0 Å². The van der Waals surface area contributed by atoms with Gasteiger partial charge in [-0.3, -0.25) is 9.69 Å². The predicted octanol–water partition coefficient (Wildman–Crippen LogP) is 3.98. The normalized spacial score (nSPS) is 21.3. The van der Waals surface area contributed by atoms with Crippen LogP contribution in [0.5, 0.6) is 0 Å². The number of benzene rings is 2. The fourth-order valence-electron chi connectivity index (χ4n) is 3.77. The third-order valence-electron chi connectivity index (χ3n) is 5.26. The summed E-state index contributed by atoms with van der Waals surface area (Å²) in [6, 6.07) is 19.3. The quantitative estimate of drug-likeness (QED) is 0.777. The minimum Gasteiger partial charge on any atom is -0.333 e. The molecule has 2 aromatic carbocycles. The largest absolute Gasteiger partial charge is 0.333 e. The first-order valence-corrected chi connectivity index (χ1v) is 9.85. The second kappa shape index (κ2) is 7.30. The van der Waals surface area contributed by atoms with E-state index in [1.807, 2.05) is 30.3 Å². The molecule has 1 heterocycles. The van der Waals surface area contributed by atoms with Gasteiger partial charge in [-0.1, -0.05) is 42.5 Å². The highest BCUT2D eigenvalue weighted by Gasteiger charge is 2.37. The Hall–Kier alpha value is -1.65. The van der Waals surface area contributed by atoms with E-state index in [-0.39, 0.29) is 11.9 Å². The molecule has 0 spiro atoms. The van der Waals surface area contributed by atoms with Crippen LogP contribution in [-0.2, 0) is 6.42 Å². The zero-order valence-corrected chi connectivity index (χ0v) is 15.9. The molecule has 130 valence electrons. The minimum absolute atomic E-state index is 0.142. The van der Waals surface area contributed by atoms with Gasteiger partial charge in [0.1, 0.15) is 0 Å². The Labute approximate surface area is 157 Å². The van der Waals surface area contributed by atoms with Crippen molar-refractivity contribution in [3.8, 4) is 0 Å². The van der Waals surface area contributed by atoms with Crippen molar-refractivity contribution in [2.24, 2.45) is 0 Å². The standard InChI is InChI=1S/C21H23BrN2O/c22-20-9-5-4-8-19(20)21(25)24-13-12-23(17-10-11-17)15-18(24)14-16-6-2-1-3-7-16/h1-9,17-18H,10-15H2. The molecule has 3 nitrogen and oxygen atoms in total. The maximum absolute atomic E-state index is 13.2. The van der Waals surface area contributed by atoms with E-state index in [0.29, 0.717) is 0 Å². The molecule has 2 fully saturated rings. The second-order valence-corrected chi connectivity index (χ2v) is 7.90. The van der Waals surface area contributed by atoms with Crippen LogP contribution in [0.1, 0.15) is 28.8 Å². The first kappa shape index (κ1) is 16.8. The maximum atomic E-state index is 13.2. The fraction of sp³-hybridized carbons (Fsp3) is 0.381. The molecule has 1 unspecified atom stereocenters. The van der Waals surface area contributed by atoms with E-state index in [9.17, 15) is 4.79 Å². The van der Waals surface area contributed by atoms with Crippen molar-refractivity contribution < 1.29 is 4.79 Å². The molecule has 1 saturated carbocycles. The Bertz CT molecular complexity index is 745. The van der Waals surface area contributed by atoms with Crippen LogP contribution >= 0.6 is 15.9 Å². The van der Waals surface area contributed by atoms with Crippen molar-refractivity contribution in [1.82, 2.24) is 9.80 Å². The van der Waals surface area contributed by atoms with Gasteiger partial charge in [-0.15, -0.1) is 0 Å². The molecular formula is C21H23BrN2O. The lowest BCUT2D eigenvalue weighted by Gasteiger charge is -2.42. The summed E-state index contributed by atoms with van der Waals surface area (Å²) in [6.45, 7) is 2.79. The highest BCUT2D eigenvalue weighted by atomic mass is 79.9. The lowest BCUT2D eigenvalue weighted by atomic mass is 10.0. The van der Waals surface area contributed by atoms with Gasteiger partial charge < -0.3 is 4.90 Å². The number of halogens is 1. The molecule has 1 aliphatic heterocycles. The van der Waals surface area contributed by atoms with Crippen molar-refractivity contribution >= 4 is 21.8 Å². The molecule has 0 aromatic heterocycles. The first-order chi connectivity index (χ1) is 12.2. The lowest BCUT2D eigenvalue weighted by molar-refractivity contribution is 0.0436. The molecule has 1 amide bonds. The fourth-order valence-corrected chi connectivity index (χ4v) is 4.22. The van der Waals surface area contributed by atoms with Gasteiger partial charge >= 0.3 is 0 Å². The third kappa shape index (κ3) is 3.80. The van der Waals surface area contributed by atoms with Crippen LogP contribution < -0.4 is 0 Å². The summed E-state index contributed by atoms with van der Waals surface area (Å²) in [6.07, 6.45) is 3.55. The third-order valence-corrected chi connectivity index (χ3v) is 5.95. The van der Waals surface area contributed by atoms with E-state index in [2.05, 4.69) is 50.0 Å². The van der Waals surface area contributed by atoms with E-state index in [1.165, 1.54) is 18.4 Å². The molecule has 4 rings (SSSR count).